The molecule has 7 nitrogen and oxygen atoms in total. The number of benzene rings is 1. The van der Waals surface area contributed by atoms with Gasteiger partial charge in [-0.15, -0.1) is 0 Å². The summed E-state index contributed by atoms with van der Waals surface area (Å²) in [5.41, 5.74) is 8.14. The minimum atomic E-state index is -0.966. The molecule has 3 aromatic rings. The predicted octanol–water partition coefficient (Wildman–Crippen LogP) is 2.43. The molecule has 0 aliphatic heterocycles. The van der Waals surface area contributed by atoms with Crippen molar-refractivity contribution in [2.75, 3.05) is 5.73 Å². The number of carboxylic acids is 1. The second-order valence-electron chi connectivity index (χ2n) is 6.79. The van der Waals surface area contributed by atoms with Crippen LogP contribution in [0.15, 0.2) is 30.1 Å². The summed E-state index contributed by atoms with van der Waals surface area (Å²) in [5.74, 6) is -0.667. The van der Waals surface area contributed by atoms with E-state index in [4.69, 9.17) is 10.8 Å². The summed E-state index contributed by atoms with van der Waals surface area (Å²) in [6, 6.07) is 5.49. The number of imidazole rings is 1. The molecule has 4 N–H and O–H groups in total. The molecule has 0 saturated heterocycles. The van der Waals surface area contributed by atoms with Crippen molar-refractivity contribution in [2.24, 2.45) is 0 Å². The zero-order chi connectivity index (χ0) is 18.4. The van der Waals surface area contributed by atoms with Crippen LogP contribution in [0.3, 0.4) is 0 Å². The van der Waals surface area contributed by atoms with Gasteiger partial charge in [0.2, 0.25) is 0 Å². The molecule has 130 valence electrons. The Kier molecular flexibility index (Phi) is 3.96. The average molecular weight is 340 g/mol. The van der Waals surface area contributed by atoms with Crippen molar-refractivity contribution >= 4 is 39.8 Å². The number of nitrogens with two attached hydrogens (primary N) is 1. The van der Waals surface area contributed by atoms with Crippen LogP contribution in [0.25, 0.3) is 28.0 Å². The van der Waals surface area contributed by atoms with Gasteiger partial charge in [-0.2, -0.15) is 0 Å². The van der Waals surface area contributed by atoms with Crippen LogP contribution in [-0.4, -0.2) is 36.3 Å². The van der Waals surface area contributed by atoms with Crippen LogP contribution in [0.5, 0.6) is 0 Å². The molecule has 2 heterocycles. The molecule has 3 rings (SSSR count). The van der Waals surface area contributed by atoms with E-state index in [9.17, 15) is 9.90 Å². The molecule has 0 aliphatic carbocycles. The number of carboxylic acid groups (broad SMARTS) is 1. The lowest BCUT2D eigenvalue weighted by Crippen LogP contribution is -2.25. The number of anilines is 1. The molecule has 0 saturated carbocycles. The highest BCUT2D eigenvalue weighted by Crippen LogP contribution is 2.29. The van der Waals surface area contributed by atoms with Gasteiger partial charge in [0.25, 0.3) is 0 Å². The molecule has 0 fully saturated rings. The highest BCUT2D eigenvalue weighted by Gasteiger charge is 2.18. The molecule has 0 spiro atoms. The quantitative estimate of drug-likeness (QED) is 0.628. The molecule has 0 bridgehead atoms. The summed E-state index contributed by atoms with van der Waals surface area (Å²) in [5, 5.41) is 20.0. The van der Waals surface area contributed by atoms with Crippen molar-refractivity contribution in [1.29, 1.82) is 0 Å². The molecule has 0 amide bonds. The van der Waals surface area contributed by atoms with E-state index in [1.54, 1.807) is 32.3 Å². The molecular formula is C18H20N4O3. The number of aliphatic hydroxyl groups is 1. The van der Waals surface area contributed by atoms with Crippen LogP contribution in [0.1, 0.15) is 26.3 Å². The topological polar surface area (TPSA) is 114 Å². The minimum Gasteiger partial charge on any atom is -0.478 e. The molecule has 0 aliphatic rings. The lowest BCUT2D eigenvalue weighted by atomic mass is 10.1. The average Bonchev–Trinajstić information content (AvgIpc) is 2.89. The number of carbonyl (C=O) groups is 1. The van der Waals surface area contributed by atoms with E-state index in [2.05, 4.69) is 9.97 Å². The second kappa shape index (κ2) is 5.86. The fourth-order valence-electron chi connectivity index (χ4n) is 2.81. The lowest BCUT2D eigenvalue weighted by molar-refractivity contribution is -0.132. The third kappa shape index (κ3) is 3.32. The van der Waals surface area contributed by atoms with E-state index in [1.807, 2.05) is 16.7 Å². The van der Waals surface area contributed by atoms with Crippen molar-refractivity contribution in [3.05, 3.63) is 35.7 Å². The Balaban J connectivity index is 2.23. The number of aromatic nitrogens is 3. The molecule has 7 heteroatoms. The summed E-state index contributed by atoms with van der Waals surface area (Å²) < 4.78 is 1.85. The smallest absolute Gasteiger partial charge is 0.331 e. The van der Waals surface area contributed by atoms with Gasteiger partial charge in [0.05, 0.1) is 29.5 Å². The van der Waals surface area contributed by atoms with Gasteiger partial charge in [0.15, 0.2) is 5.82 Å². The van der Waals surface area contributed by atoms with E-state index in [1.165, 1.54) is 6.92 Å². The Morgan fingerprint density at radius 3 is 2.76 bits per heavy atom. The maximum atomic E-state index is 11.0. The monoisotopic (exact) mass is 340 g/mol. The van der Waals surface area contributed by atoms with Crippen LogP contribution >= 0.6 is 0 Å². The summed E-state index contributed by atoms with van der Waals surface area (Å²) in [6.45, 7) is 5.35. The second-order valence-corrected chi connectivity index (χ2v) is 6.79. The van der Waals surface area contributed by atoms with E-state index >= 15 is 0 Å². The molecule has 0 atom stereocenters. The van der Waals surface area contributed by atoms with Crippen LogP contribution < -0.4 is 5.73 Å². The van der Waals surface area contributed by atoms with E-state index < -0.39 is 11.6 Å². The Hall–Kier alpha value is -2.93. The van der Waals surface area contributed by atoms with Gasteiger partial charge < -0.3 is 20.5 Å². The van der Waals surface area contributed by atoms with Crippen molar-refractivity contribution in [1.82, 2.24) is 14.5 Å². The van der Waals surface area contributed by atoms with Gasteiger partial charge in [0, 0.05) is 11.0 Å². The van der Waals surface area contributed by atoms with E-state index in [0.717, 1.165) is 16.5 Å². The zero-order valence-corrected chi connectivity index (χ0v) is 14.3. The Bertz CT molecular complexity index is 1010. The van der Waals surface area contributed by atoms with Crippen LogP contribution in [0.2, 0.25) is 0 Å². The van der Waals surface area contributed by atoms with Crippen molar-refractivity contribution in [3.63, 3.8) is 0 Å². The number of hydrogen-bond donors (Lipinski definition) is 3. The SMILES string of the molecule is CC(=Cc1ccc2c(c1)nc(N)c1ncn(CC(C)(C)O)c12)C(=O)O. The van der Waals surface area contributed by atoms with Gasteiger partial charge in [-0.1, -0.05) is 12.1 Å². The number of nitrogens with zero attached hydrogens (tertiary/aromatic N) is 3. The number of aliphatic carboxylic acids is 1. The van der Waals surface area contributed by atoms with Crippen molar-refractivity contribution in [3.8, 4) is 0 Å². The maximum absolute atomic E-state index is 11.0. The number of pyridine rings is 1. The van der Waals surface area contributed by atoms with Gasteiger partial charge in [-0.25, -0.2) is 14.8 Å². The first-order chi connectivity index (χ1) is 11.7. The van der Waals surface area contributed by atoms with Gasteiger partial charge >= 0.3 is 5.97 Å². The number of hydrogen-bond acceptors (Lipinski definition) is 5. The fraction of sp³-hybridized carbons (Fsp3) is 0.278. The lowest BCUT2D eigenvalue weighted by Gasteiger charge is -2.18. The first-order valence-electron chi connectivity index (χ1n) is 7.84. The first kappa shape index (κ1) is 16.9. The molecule has 1 aromatic carbocycles. The largest absolute Gasteiger partial charge is 0.478 e. The van der Waals surface area contributed by atoms with Crippen LogP contribution in [-0.2, 0) is 11.3 Å². The summed E-state index contributed by atoms with van der Waals surface area (Å²) in [7, 11) is 0. The summed E-state index contributed by atoms with van der Waals surface area (Å²) >= 11 is 0. The standard InChI is InChI=1S/C18H20N4O3/c1-10(17(23)24)6-11-4-5-12-13(7-11)21-16(19)14-15(12)22(9-20-14)8-18(2,3)25/h4-7,9,25H,8H2,1-3H3,(H2,19,21)(H,23,24). The zero-order valence-electron chi connectivity index (χ0n) is 14.3. The number of nitrogen functional groups attached to an aromatic ring is 1. The third-order valence-electron chi connectivity index (χ3n) is 3.88. The van der Waals surface area contributed by atoms with Crippen molar-refractivity contribution in [2.45, 2.75) is 32.9 Å². The fourth-order valence-corrected chi connectivity index (χ4v) is 2.81. The third-order valence-corrected chi connectivity index (χ3v) is 3.88. The normalized spacial score (nSPS) is 12.9. The summed E-state index contributed by atoms with van der Waals surface area (Å²) in [4.78, 5) is 19.7. The van der Waals surface area contributed by atoms with Crippen LogP contribution in [0.4, 0.5) is 5.82 Å². The number of fused-ring (bicyclic) bond motifs is 3. The Morgan fingerprint density at radius 1 is 1.40 bits per heavy atom. The molecule has 25 heavy (non-hydrogen) atoms. The summed E-state index contributed by atoms with van der Waals surface area (Å²) in [6.07, 6.45) is 3.22. The predicted molar refractivity (Wildman–Crippen MR) is 97.0 cm³/mol. The van der Waals surface area contributed by atoms with Gasteiger partial charge in [-0.05, 0) is 38.5 Å². The van der Waals surface area contributed by atoms with Gasteiger partial charge in [-0.3, -0.25) is 0 Å². The maximum Gasteiger partial charge on any atom is 0.331 e. The highest BCUT2D eigenvalue weighted by molar-refractivity contribution is 6.07. The molecule has 0 radical (unpaired) electrons. The molecular weight excluding hydrogens is 320 g/mol. The van der Waals surface area contributed by atoms with Gasteiger partial charge in [0.1, 0.15) is 5.52 Å². The molecule has 0 unspecified atom stereocenters. The van der Waals surface area contributed by atoms with Crippen LogP contribution in [0, 0.1) is 0 Å². The van der Waals surface area contributed by atoms with Crippen molar-refractivity contribution < 1.29 is 15.0 Å². The Morgan fingerprint density at radius 2 is 2.12 bits per heavy atom. The van der Waals surface area contributed by atoms with E-state index in [0.29, 0.717) is 23.4 Å². The minimum absolute atomic E-state index is 0.237. The molecule has 2 aromatic heterocycles. The number of rotatable bonds is 4. The Labute approximate surface area is 144 Å². The van der Waals surface area contributed by atoms with E-state index in [-0.39, 0.29) is 5.57 Å². The first-order valence-corrected chi connectivity index (χ1v) is 7.84. The highest BCUT2D eigenvalue weighted by atomic mass is 16.4.